The number of hydrogen-bond acceptors (Lipinski definition) is 6. The van der Waals surface area contributed by atoms with Crippen molar-refractivity contribution in [3.8, 4) is 0 Å². The van der Waals surface area contributed by atoms with E-state index in [-0.39, 0.29) is 11.5 Å². The molecule has 0 saturated heterocycles. The van der Waals surface area contributed by atoms with E-state index in [2.05, 4.69) is 44.3 Å². The van der Waals surface area contributed by atoms with E-state index < -0.39 is 32.0 Å². The van der Waals surface area contributed by atoms with Gasteiger partial charge in [0.25, 0.3) is 0 Å². The lowest BCUT2D eigenvalue weighted by Gasteiger charge is -2.36. The first-order valence-corrected chi connectivity index (χ1v) is 13.2. The maximum absolute atomic E-state index is 12.1. The molecule has 172 valence electrons. The molecule has 0 radical (unpaired) electrons. The fourth-order valence-electron chi connectivity index (χ4n) is 2.50. The van der Waals surface area contributed by atoms with Gasteiger partial charge in [-0.1, -0.05) is 20.8 Å². The zero-order valence-electron chi connectivity index (χ0n) is 20.2. The largest absolute Gasteiger partial charge is 0.467 e. The van der Waals surface area contributed by atoms with Crippen LogP contribution in [0.25, 0.3) is 0 Å². The molecular weight excluding hydrogens is 402 g/mol. The quantitative estimate of drug-likeness (QED) is 0.487. The zero-order chi connectivity index (χ0) is 23.3. The molecule has 0 aliphatic rings. The van der Waals surface area contributed by atoms with Crippen LogP contribution < -0.4 is 5.32 Å². The van der Waals surface area contributed by atoms with Crippen LogP contribution in [0.15, 0.2) is 6.07 Å². The van der Waals surface area contributed by atoms with Gasteiger partial charge in [0.1, 0.15) is 11.6 Å². The van der Waals surface area contributed by atoms with Crippen molar-refractivity contribution >= 4 is 20.4 Å². The van der Waals surface area contributed by atoms with Gasteiger partial charge in [-0.2, -0.15) is 5.10 Å². The number of alkyl carbamates (subject to hydrolysis) is 1. The Morgan fingerprint density at radius 1 is 1.20 bits per heavy atom. The first-order chi connectivity index (χ1) is 13.6. The Bertz CT molecular complexity index is 732. The lowest BCUT2D eigenvalue weighted by Crippen LogP contribution is -2.45. The number of ether oxygens (including phenoxy) is 2. The summed E-state index contributed by atoms with van der Waals surface area (Å²) in [6.07, 6.45) is -0.458. The molecule has 1 rings (SSSR count). The van der Waals surface area contributed by atoms with E-state index in [0.29, 0.717) is 18.8 Å². The highest BCUT2D eigenvalue weighted by molar-refractivity contribution is 6.74. The molecule has 0 spiro atoms. The van der Waals surface area contributed by atoms with Crippen molar-refractivity contribution in [1.29, 1.82) is 0 Å². The number of nitrogens with zero attached hydrogens (tertiary/aromatic N) is 2. The minimum Gasteiger partial charge on any atom is -0.467 e. The minimum atomic E-state index is -1.82. The number of esters is 1. The molecule has 1 aromatic rings. The zero-order valence-corrected chi connectivity index (χ0v) is 21.2. The van der Waals surface area contributed by atoms with Gasteiger partial charge in [-0.15, -0.1) is 0 Å². The van der Waals surface area contributed by atoms with Crippen LogP contribution in [0.2, 0.25) is 18.1 Å². The van der Waals surface area contributed by atoms with Crippen LogP contribution in [-0.4, -0.2) is 55.5 Å². The van der Waals surface area contributed by atoms with Crippen LogP contribution in [0.3, 0.4) is 0 Å². The number of hydrogen-bond donors (Lipinski definition) is 1. The third kappa shape index (κ3) is 8.10. The molecule has 0 aliphatic heterocycles. The first-order valence-electron chi connectivity index (χ1n) is 10.3. The summed E-state index contributed by atoms with van der Waals surface area (Å²) in [5.41, 5.74) is 0.989. The standard InChI is InChI=1S/C21H39N3O5Si/c1-15-13-16(23-24(15)11-12-28-30(9,10)21(5,6)7)14-17(18(25)27-8)22-19(26)29-20(2,3)4/h13,17H,11-12,14H2,1-10H3,(H,22,26). The normalized spacial score (nSPS) is 13.7. The summed E-state index contributed by atoms with van der Waals surface area (Å²) in [6, 6.07) is 1.02. The number of aryl methyl sites for hydroxylation is 1. The number of carbonyl (C=O) groups excluding carboxylic acids is 2. The molecule has 1 heterocycles. The maximum atomic E-state index is 12.1. The van der Waals surface area contributed by atoms with E-state index >= 15 is 0 Å². The summed E-state index contributed by atoms with van der Waals surface area (Å²) in [7, 11) is -0.531. The minimum absolute atomic E-state index is 0.151. The van der Waals surface area contributed by atoms with E-state index in [0.717, 1.165) is 5.69 Å². The predicted molar refractivity (Wildman–Crippen MR) is 119 cm³/mol. The molecule has 0 bridgehead atoms. The Labute approximate surface area is 181 Å². The van der Waals surface area contributed by atoms with Gasteiger partial charge in [0.2, 0.25) is 0 Å². The van der Waals surface area contributed by atoms with Crippen molar-refractivity contribution in [3.63, 3.8) is 0 Å². The number of nitrogens with one attached hydrogen (secondary N) is 1. The van der Waals surface area contributed by atoms with Crippen molar-refractivity contribution in [2.45, 2.75) is 91.2 Å². The third-order valence-corrected chi connectivity index (χ3v) is 9.73. The van der Waals surface area contributed by atoms with Gasteiger partial charge in [0.05, 0.1) is 26.0 Å². The number of methoxy groups -OCH3 is 1. The second kappa shape index (κ2) is 9.96. The van der Waals surface area contributed by atoms with Crippen LogP contribution in [0.4, 0.5) is 4.79 Å². The van der Waals surface area contributed by atoms with Gasteiger partial charge < -0.3 is 19.2 Å². The smallest absolute Gasteiger partial charge is 0.408 e. The summed E-state index contributed by atoms with van der Waals surface area (Å²) in [5, 5.41) is 7.31. The Kier molecular flexibility index (Phi) is 8.68. The van der Waals surface area contributed by atoms with Crippen molar-refractivity contribution in [1.82, 2.24) is 15.1 Å². The maximum Gasteiger partial charge on any atom is 0.408 e. The number of aromatic nitrogens is 2. The van der Waals surface area contributed by atoms with Gasteiger partial charge in [-0.05, 0) is 51.9 Å². The summed E-state index contributed by atoms with van der Waals surface area (Å²) in [5.74, 6) is -0.547. The average Bonchev–Trinajstić information content (AvgIpc) is 2.90. The molecular formula is C21H39N3O5Si. The van der Waals surface area contributed by atoms with Crippen molar-refractivity contribution in [3.05, 3.63) is 17.5 Å². The Morgan fingerprint density at radius 2 is 1.80 bits per heavy atom. The molecule has 0 aromatic carbocycles. The van der Waals surface area contributed by atoms with Crippen LogP contribution in [0.1, 0.15) is 52.9 Å². The molecule has 30 heavy (non-hydrogen) atoms. The summed E-state index contributed by atoms with van der Waals surface area (Å²) < 4.78 is 18.2. The first kappa shape index (κ1) is 26.2. The highest BCUT2D eigenvalue weighted by atomic mass is 28.4. The highest BCUT2D eigenvalue weighted by Crippen LogP contribution is 2.36. The summed E-state index contributed by atoms with van der Waals surface area (Å²) >= 11 is 0. The van der Waals surface area contributed by atoms with E-state index in [1.165, 1.54) is 7.11 Å². The topological polar surface area (TPSA) is 91.7 Å². The molecule has 9 heteroatoms. The monoisotopic (exact) mass is 441 g/mol. The van der Waals surface area contributed by atoms with Gasteiger partial charge in [-0.25, -0.2) is 9.59 Å². The molecule has 1 aromatic heterocycles. The molecule has 0 aliphatic carbocycles. The predicted octanol–water partition coefficient (Wildman–Crippen LogP) is 3.82. The Balaban J connectivity index is 2.79. The summed E-state index contributed by atoms with van der Waals surface area (Å²) in [4.78, 5) is 24.2. The highest BCUT2D eigenvalue weighted by Gasteiger charge is 2.37. The van der Waals surface area contributed by atoms with Gasteiger partial charge in [0.15, 0.2) is 8.32 Å². The van der Waals surface area contributed by atoms with Gasteiger partial charge in [-0.3, -0.25) is 4.68 Å². The fourth-order valence-corrected chi connectivity index (χ4v) is 3.54. The molecule has 0 saturated carbocycles. The van der Waals surface area contributed by atoms with E-state index in [4.69, 9.17) is 13.9 Å². The van der Waals surface area contributed by atoms with E-state index in [1.54, 1.807) is 20.8 Å². The third-order valence-electron chi connectivity index (χ3n) is 5.19. The van der Waals surface area contributed by atoms with Crippen LogP contribution in [-0.2, 0) is 31.7 Å². The van der Waals surface area contributed by atoms with Crippen LogP contribution in [0.5, 0.6) is 0 Å². The molecule has 1 N–H and O–H groups in total. The second-order valence-electron chi connectivity index (χ2n) is 10.0. The number of carbonyl (C=O) groups is 2. The van der Waals surface area contributed by atoms with Crippen molar-refractivity contribution in [2.24, 2.45) is 0 Å². The van der Waals surface area contributed by atoms with Crippen molar-refractivity contribution < 1.29 is 23.5 Å². The van der Waals surface area contributed by atoms with E-state index in [1.807, 2.05) is 17.7 Å². The lowest BCUT2D eigenvalue weighted by molar-refractivity contribution is -0.143. The van der Waals surface area contributed by atoms with E-state index in [9.17, 15) is 9.59 Å². The Hall–Kier alpha value is -1.87. The van der Waals surface area contributed by atoms with Crippen LogP contribution in [0, 0.1) is 6.92 Å². The SMILES string of the molecule is COC(=O)C(Cc1cc(C)n(CCO[Si](C)(C)C(C)(C)C)n1)NC(=O)OC(C)(C)C. The average molecular weight is 442 g/mol. The number of amides is 1. The van der Waals surface area contributed by atoms with Crippen molar-refractivity contribution in [2.75, 3.05) is 13.7 Å². The summed E-state index contributed by atoms with van der Waals surface area (Å²) in [6.45, 7) is 19.5. The molecule has 0 fully saturated rings. The molecule has 1 atom stereocenters. The van der Waals surface area contributed by atoms with Gasteiger partial charge in [0, 0.05) is 12.1 Å². The molecule has 1 amide bonds. The van der Waals surface area contributed by atoms with Crippen LogP contribution >= 0.6 is 0 Å². The number of rotatable bonds is 8. The lowest BCUT2D eigenvalue weighted by atomic mass is 10.1. The van der Waals surface area contributed by atoms with Gasteiger partial charge >= 0.3 is 12.1 Å². The molecule has 1 unspecified atom stereocenters. The second-order valence-corrected chi connectivity index (χ2v) is 14.8. The molecule has 8 nitrogen and oxygen atoms in total. The fraction of sp³-hybridized carbons (Fsp3) is 0.762. The Morgan fingerprint density at radius 3 is 2.30 bits per heavy atom.